The number of nitrogens with zero attached hydrogens (tertiary/aromatic N) is 3. The van der Waals surface area contributed by atoms with Crippen molar-refractivity contribution in [1.29, 1.82) is 0 Å². The predicted octanol–water partition coefficient (Wildman–Crippen LogP) is 4.41. The Morgan fingerprint density at radius 3 is 2.23 bits per heavy atom. The van der Waals surface area contributed by atoms with Gasteiger partial charge in [-0.15, -0.1) is 0 Å². The molecule has 0 radical (unpaired) electrons. The summed E-state index contributed by atoms with van der Waals surface area (Å²) in [6.45, 7) is 6.93. The van der Waals surface area contributed by atoms with Crippen molar-refractivity contribution in [3.05, 3.63) is 88.5 Å². The lowest BCUT2D eigenvalue weighted by molar-refractivity contribution is -0.134. The summed E-state index contributed by atoms with van der Waals surface area (Å²) in [5.41, 5.74) is 3.44. The van der Waals surface area contributed by atoms with Crippen molar-refractivity contribution in [2.75, 3.05) is 26.2 Å². The van der Waals surface area contributed by atoms with Crippen molar-refractivity contribution in [3.63, 3.8) is 0 Å². The monoisotopic (exact) mass is 422 g/mol. The molecule has 1 aliphatic heterocycles. The number of carbonyl (C=O) groups excluding carboxylic acids is 1. The molecule has 3 aromatic rings. The number of amides is 1. The molecule has 1 N–H and O–H groups in total. The standard InChI is InChI=1S/C24H27ClN4O/c1-17-16-26-23(27-17)18(2)24(30)29-14-12-28(13-15-29)22(19-6-4-3-5-7-19)20-8-10-21(25)11-9-20/h3-11,16,18,22H,12-15H2,1-2H3,(H,26,27). The molecular formula is C24H27ClN4O. The fraction of sp³-hybridized carbons (Fsp3) is 0.333. The summed E-state index contributed by atoms with van der Waals surface area (Å²) >= 11 is 6.12. The van der Waals surface area contributed by atoms with Crippen molar-refractivity contribution >= 4 is 17.5 Å². The SMILES string of the molecule is Cc1cnc(C(C)C(=O)N2CCN(C(c3ccccc3)c3ccc(Cl)cc3)CC2)[nH]1. The summed E-state index contributed by atoms with van der Waals surface area (Å²) in [6.07, 6.45) is 1.77. The van der Waals surface area contributed by atoms with Crippen molar-refractivity contribution in [3.8, 4) is 0 Å². The van der Waals surface area contributed by atoms with Crippen LogP contribution in [-0.2, 0) is 4.79 Å². The van der Waals surface area contributed by atoms with Crippen LogP contribution in [0.5, 0.6) is 0 Å². The fourth-order valence-corrected chi connectivity index (χ4v) is 4.26. The molecule has 156 valence electrons. The Balaban J connectivity index is 1.49. The maximum absolute atomic E-state index is 13.0. The van der Waals surface area contributed by atoms with Gasteiger partial charge in [-0.05, 0) is 37.1 Å². The molecule has 2 aromatic carbocycles. The number of carbonyl (C=O) groups is 1. The van der Waals surface area contributed by atoms with E-state index in [-0.39, 0.29) is 17.9 Å². The molecule has 1 amide bonds. The molecule has 4 rings (SSSR count). The molecule has 0 spiro atoms. The van der Waals surface area contributed by atoms with E-state index >= 15 is 0 Å². The number of hydrogen-bond acceptors (Lipinski definition) is 3. The number of H-pyrrole nitrogens is 1. The van der Waals surface area contributed by atoms with Gasteiger partial charge in [-0.25, -0.2) is 4.98 Å². The quantitative estimate of drug-likeness (QED) is 0.662. The minimum absolute atomic E-state index is 0.131. The van der Waals surface area contributed by atoms with Crippen molar-refractivity contribution in [2.45, 2.75) is 25.8 Å². The van der Waals surface area contributed by atoms with Crippen LogP contribution in [0.25, 0.3) is 0 Å². The number of nitrogens with one attached hydrogen (secondary N) is 1. The molecule has 1 aliphatic rings. The van der Waals surface area contributed by atoms with Crippen LogP contribution in [0.3, 0.4) is 0 Å². The Morgan fingerprint density at radius 2 is 1.63 bits per heavy atom. The zero-order chi connectivity index (χ0) is 21.1. The molecule has 1 fully saturated rings. The first-order valence-electron chi connectivity index (χ1n) is 10.4. The van der Waals surface area contributed by atoms with Crippen LogP contribution in [0.4, 0.5) is 0 Å². The van der Waals surface area contributed by atoms with Crippen LogP contribution >= 0.6 is 11.6 Å². The Morgan fingerprint density at radius 1 is 1.00 bits per heavy atom. The number of aryl methyl sites for hydroxylation is 1. The largest absolute Gasteiger partial charge is 0.345 e. The number of aromatic amines is 1. The second kappa shape index (κ2) is 9.02. The zero-order valence-corrected chi connectivity index (χ0v) is 18.1. The van der Waals surface area contributed by atoms with Crippen LogP contribution in [0.1, 0.15) is 41.5 Å². The maximum atomic E-state index is 13.0. The molecule has 2 unspecified atom stereocenters. The highest BCUT2D eigenvalue weighted by Gasteiger charge is 2.30. The van der Waals surface area contributed by atoms with Gasteiger partial charge in [0, 0.05) is 43.1 Å². The average molecular weight is 423 g/mol. The smallest absolute Gasteiger partial charge is 0.233 e. The first-order valence-corrected chi connectivity index (χ1v) is 10.8. The number of piperazine rings is 1. The Labute approximate surface area is 182 Å². The van der Waals surface area contributed by atoms with Crippen LogP contribution in [0.2, 0.25) is 5.02 Å². The topological polar surface area (TPSA) is 52.2 Å². The van der Waals surface area contributed by atoms with Crippen LogP contribution in [0.15, 0.2) is 60.8 Å². The van der Waals surface area contributed by atoms with E-state index in [1.807, 2.05) is 36.9 Å². The third-order valence-corrected chi connectivity index (χ3v) is 6.05. The van der Waals surface area contributed by atoms with E-state index < -0.39 is 0 Å². The summed E-state index contributed by atoms with van der Waals surface area (Å²) in [6, 6.07) is 18.7. The predicted molar refractivity (Wildman–Crippen MR) is 120 cm³/mol. The van der Waals surface area contributed by atoms with E-state index in [9.17, 15) is 4.79 Å². The summed E-state index contributed by atoms with van der Waals surface area (Å²) in [7, 11) is 0. The van der Waals surface area contributed by atoms with Gasteiger partial charge in [0.15, 0.2) is 0 Å². The van der Waals surface area contributed by atoms with Gasteiger partial charge in [0.1, 0.15) is 5.82 Å². The van der Waals surface area contributed by atoms with Crippen LogP contribution < -0.4 is 0 Å². The first kappa shape index (κ1) is 20.6. The second-order valence-corrected chi connectivity index (χ2v) is 8.34. The van der Waals surface area contributed by atoms with E-state index in [0.29, 0.717) is 13.1 Å². The van der Waals surface area contributed by atoms with Gasteiger partial charge >= 0.3 is 0 Å². The molecule has 30 heavy (non-hydrogen) atoms. The molecule has 6 heteroatoms. The summed E-state index contributed by atoms with van der Waals surface area (Å²) < 4.78 is 0. The molecule has 1 saturated heterocycles. The zero-order valence-electron chi connectivity index (χ0n) is 17.4. The Bertz CT molecular complexity index is 978. The van der Waals surface area contributed by atoms with Crippen molar-refractivity contribution < 1.29 is 4.79 Å². The molecule has 2 atom stereocenters. The number of aromatic nitrogens is 2. The summed E-state index contributed by atoms with van der Waals surface area (Å²) in [5, 5.41) is 0.739. The summed E-state index contributed by atoms with van der Waals surface area (Å²) in [4.78, 5) is 24.9. The van der Waals surface area contributed by atoms with E-state index in [1.54, 1.807) is 6.20 Å². The van der Waals surface area contributed by atoms with Crippen molar-refractivity contribution in [2.24, 2.45) is 0 Å². The molecule has 2 heterocycles. The number of rotatable bonds is 5. The number of halogens is 1. The highest BCUT2D eigenvalue weighted by molar-refractivity contribution is 6.30. The van der Waals surface area contributed by atoms with Gasteiger partial charge in [-0.2, -0.15) is 0 Å². The molecule has 0 aliphatic carbocycles. The highest BCUT2D eigenvalue weighted by Crippen LogP contribution is 2.30. The maximum Gasteiger partial charge on any atom is 0.233 e. The molecule has 1 aromatic heterocycles. The number of imidazole rings is 1. The van der Waals surface area contributed by atoms with Crippen molar-refractivity contribution in [1.82, 2.24) is 19.8 Å². The van der Waals surface area contributed by atoms with Gasteiger partial charge in [-0.3, -0.25) is 9.69 Å². The van der Waals surface area contributed by atoms with Gasteiger partial charge in [0.05, 0.1) is 12.0 Å². The first-order chi connectivity index (χ1) is 14.5. The van der Waals surface area contributed by atoms with Crippen LogP contribution in [0, 0.1) is 6.92 Å². The number of hydrogen-bond donors (Lipinski definition) is 1. The Hall–Kier alpha value is -2.63. The van der Waals surface area contributed by atoms with Gasteiger partial charge in [-0.1, -0.05) is 54.1 Å². The van der Waals surface area contributed by atoms with E-state index in [0.717, 1.165) is 29.6 Å². The lowest BCUT2D eigenvalue weighted by atomic mass is 9.96. The Kier molecular flexibility index (Phi) is 6.21. The summed E-state index contributed by atoms with van der Waals surface area (Å²) in [5.74, 6) is 0.612. The highest BCUT2D eigenvalue weighted by atomic mass is 35.5. The van der Waals surface area contributed by atoms with E-state index in [1.165, 1.54) is 11.1 Å². The number of benzene rings is 2. The van der Waals surface area contributed by atoms with E-state index in [4.69, 9.17) is 11.6 Å². The fourth-order valence-electron chi connectivity index (χ4n) is 4.14. The van der Waals surface area contributed by atoms with Gasteiger partial charge in [0.2, 0.25) is 5.91 Å². The molecule has 5 nitrogen and oxygen atoms in total. The third kappa shape index (κ3) is 4.42. The minimum Gasteiger partial charge on any atom is -0.345 e. The molecule has 0 bridgehead atoms. The van der Waals surface area contributed by atoms with Gasteiger partial charge in [0.25, 0.3) is 0 Å². The van der Waals surface area contributed by atoms with E-state index in [2.05, 4.69) is 51.3 Å². The molecular weight excluding hydrogens is 396 g/mol. The van der Waals surface area contributed by atoms with Gasteiger partial charge < -0.3 is 9.88 Å². The second-order valence-electron chi connectivity index (χ2n) is 7.90. The lowest BCUT2D eigenvalue weighted by Gasteiger charge is -2.40. The van der Waals surface area contributed by atoms with Crippen LogP contribution in [-0.4, -0.2) is 51.9 Å². The minimum atomic E-state index is -0.258. The average Bonchev–Trinajstić information content (AvgIpc) is 3.22. The third-order valence-electron chi connectivity index (χ3n) is 5.80. The lowest BCUT2D eigenvalue weighted by Crippen LogP contribution is -2.50. The normalized spacial score (nSPS) is 17.0. The molecule has 0 saturated carbocycles.